The molecule has 1 aromatic heterocycles. The van der Waals surface area contributed by atoms with E-state index in [-0.39, 0.29) is 6.61 Å². The van der Waals surface area contributed by atoms with Crippen LogP contribution < -0.4 is 0 Å². The van der Waals surface area contributed by atoms with E-state index in [4.69, 9.17) is 9.52 Å². The molecular weight excluding hydrogens is 154 g/mol. The number of aliphatic hydroxyl groups is 1. The summed E-state index contributed by atoms with van der Waals surface area (Å²) in [6, 6.07) is 0. The molecule has 0 bridgehead atoms. The highest BCUT2D eigenvalue weighted by atomic mass is 16.3. The van der Waals surface area contributed by atoms with Gasteiger partial charge in [-0.25, -0.2) is 4.98 Å². The van der Waals surface area contributed by atoms with Crippen LogP contribution in [0.2, 0.25) is 0 Å². The number of rotatable bonds is 3. The van der Waals surface area contributed by atoms with Crippen molar-refractivity contribution in [1.29, 1.82) is 0 Å². The predicted molar refractivity (Wildman–Crippen MR) is 43.6 cm³/mol. The number of hydrogen-bond acceptors (Lipinski definition) is 3. The van der Waals surface area contributed by atoms with Crippen LogP contribution in [0, 0.1) is 5.92 Å². The lowest BCUT2D eigenvalue weighted by atomic mass is 10.0. The van der Waals surface area contributed by atoms with Crippen molar-refractivity contribution in [3.8, 4) is 0 Å². The predicted octanol–water partition coefficient (Wildman–Crippen LogP) is 1.68. The zero-order valence-corrected chi connectivity index (χ0v) is 7.16. The van der Waals surface area contributed by atoms with Crippen LogP contribution in [0.4, 0.5) is 0 Å². The van der Waals surface area contributed by atoms with E-state index in [0.29, 0.717) is 11.6 Å². The minimum atomic E-state index is -0.0110. The van der Waals surface area contributed by atoms with E-state index in [1.54, 1.807) is 0 Å². The average molecular weight is 167 g/mol. The second-order valence-electron chi connectivity index (χ2n) is 3.45. The molecule has 1 aliphatic rings. The molecule has 1 aliphatic carbocycles. The van der Waals surface area contributed by atoms with Gasteiger partial charge in [-0.05, 0) is 18.8 Å². The van der Waals surface area contributed by atoms with Crippen molar-refractivity contribution >= 4 is 0 Å². The van der Waals surface area contributed by atoms with E-state index < -0.39 is 0 Å². The Balaban J connectivity index is 2.19. The van der Waals surface area contributed by atoms with Gasteiger partial charge in [0.15, 0.2) is 6.39 Å². The van der Waals surface area contributed by atoms with Crippen molar-refractivity contribution in [3.63, 3.8) is 0 Å². The van der Waals surface area contributed by atoms with Crippen LogP contribution in [0.3, 0.4) is 0 Å². The average Bonchev–Trinajstić information content (AvgIpc) is 2.82. The highest BCUT2D eigenvalue weighted by Gasteiger charge is 2.32. The van der Waals surface area contributed by atoms with E-state index in [1.165, 1.54) is 19.2 Å². The molecule has 2 rings (SSSR count). The Hall–Kier alpha value is -0.830. The maximum Gasteiger partial charge on any atom is 0.181 e. The Morgan fingerprint density at radius 2 is 2.50 bits per heavy atom. The van der Waals surface area contributed by atoms with Gasteiger partial charge in [0.1, 0.15) is 11.5 Å². The molecule has 1 saturated carbocycles. The van der Waals surface area contributed by atoms with Gasteiger partial charge in [-0.15, -0.1) is 0 Å². The molecule has 0 aliphatic heterocycles. The third-order valence-corrected chi connectivity index (χ3v) is 2.57. The highest BCUT2D eigenvalue weighted by Crippen LogP contribution is 2.42. The van der Waals surface area contributed by atoms with Gasteiger partial charge in [0.2, 0.25) is 0 Å². The number of nitrogens with zero attached hydrogens (tertiary/aromatic N) is 1. The van der Waals surface area contributed by atoms with Gasteiger partial charge >= 0.3 is 0 Å². The van der Waals surface area contributed by atoms with Gasteiger partial charge in [0.25, 0.3) is 0 Å². The molecule has 1 heterocycles. The maximum atomic E-state index is 8.94. The summed E-state index contributed by atoms with van der Waals surface area (Å²) in [6.07, 6.45) is 3.99. The molecule has 1 unspecified atom stereocenters. The number of hydrogen-bond donors (Lipinski definition) is 1. The van der Waals surface area contributed by atoms with Gasteiger partial charge in [-0.2, -0.15) is 0 Å². The Morgan fingerprint density at radius 1 is 1.75 bits per heavy atom. The Morgan fingerprint density at radius 3 is 3.08 bits per heavy atom. The molecule has 1 fully saturated rings. The molecule has 0 amide bonds. The van der Waals surface area contributed by atoms with Gasteiger partial charge in [-0.3, -0.25) is 0 Å². The summed E-state index contributed by atoms with van der Waals surface area (Å²) >= 11 is 0. The Kier molecular flexibility index (Phi) is 1.89. The summed E-state index contributed by atoms with van der Waals surface area (Å²) in [5.74, 6) is 2.05. The molecule has 0 aromatic carbocycles. The lowest BCUT2D eigenvalue weighted by Crippen LogP contribution is -1.98. The quantitative estimate of drug-likeness (QED) is 0.745. The summed E-state index contributed by atoms with van der Waals surface area (Å²) in [7, 11) is 0. The molecule has 1 N–H and O–H groups in total. The molecule has 1 aromatic rings. The molecule has 3 nitrogen and oxygen atoms in total. The Bertz CT molecular complexity index is 265. The monoisotopic (exact) mass is 167 g/mol. The second kappa shape index (κ2) is 2.90. The van der Waals surface area contributed by atoms with E-state index in [9.17, 15) is 0 Å². The van der Waals surface area contributed by atoms with Gasteiger partial charge in [0.05, 0.1) is 6.61 Å². The van der Waals surface area contributed by atoms with Crippen LogP contribution in [-0.2, 0) is 6.61 Å². The fourth-order valence-electron chi connectivity index (χ4n) is 1.58. The fourth-order valence-corrected chi connectivity index (χ4v) is 1.58. The first-order valence-corrected chi connectivity index (χ1v) is 4.36. The fraction of sp³-hybridized carbons (Fsp3) is 0.667. The molecular formula is C9H13NO2. The van der Waals surface area contributed by atoms with Crippen LogP contribution in [0.5, 0.6) is 0 Å². The third kappa shape index (κ3) is 1.25. The standard InChI is InChI=1S/C9H13NO2/c1-6(7-2-3-7)9-8(4-11)10-5-12-9/h5-7,11H,2-4H2,1H3. The molecule has 0 saturated heterocycles. The molecule has 1 atom stereocenters. The third-order valence-electron chi connectivity index (χ3n) is 2.57. The lowest BCUT2D eigenvalue weighted by Gasteiger charge is -2.06. The van der Waals surface area contributed by atoms with Crippen molar-refractivity contribution in [1.82, 2.24) is 4.98 Å². The van der Waals surface area contributed by atoms with E-state index in [1.807, 2.05) is 0 Å². The molecule has 66 valence electrons. The van der Waals surface area contributed by atoms with Gasteiger partial charge in [-0.1, -0.05) is 6.92 Å². The van der Waals surface area contributed by atoms with Crippen molar-refractivity contribution in [3.05, 3.63) is 17.8 Å². The minimum Gasteiger partial charge on any atom is -0.448 e. The molecule has 3 heteroatoms. The summed E-state index contributed by atoms with van der Waals surface area (Å²) in [6.45, 7) is 2.13. The number of aliphatic hydroxyl groups excluding tert-OH is 1. The van der Waals surface area contributed by atoms with Crippen LogP contribution in [-0.4, -0.2) is 10.1 Å². The first-order valence-electron chi connectivity index (χ1n) is 4.36. The highest BCUT2D eigenvalue weighted by molar-refractivity contribution is 5.13. The SMILES string of the molecule is CC(c1ocnc1CO)C1CC1. The summed E-state index contributed by atoms with van der Waals surface area (Å²) in [5.41, 5.74) is 0.703. The number of oxazole rings is 1. The van der Waals surface area contributed by atoms with E-state index in [0.717, 1.165) is 11.7 Å². The normalized spacial score (nSPS) is 19.5. The molecule has 0 spiro atoms. The maximum absolute atomic E-state index is 8.94. The first kappa shape index (κ1) is 7.80. The van der Waals surface area contributed by atoms with Crippen molar-refractivity contribution in [2.45, 2.75) is 32.3 Å². The van der Waals surface area contributed by atoms with Crippen LogP contribution in [0.1, 0.15) is 37.1 Å². The van der Waals surface area contributed by atoms with Crippen LogP contribution in [0.25, 0.3) is 0 Å². The Labute approximate surface area is 71.4 Å². The molecule has 0 radical (unpaired) electrons. The summed E-state index contributed by atoms with van der Waals surface area (Å²) in [4.78, 5) is 3.95. The minimum absolute atomic E-state index is 0.0110. The lowest BCUT2D eigenvalue weighted by molar-refractivity contribution is 0.272. The smallest absolute Gasteiger partial charge is 0.181 e. The molecule has 12 heavy (non-hydrogen) atoms. The van der Waals surface area contributed by atoms with E-state index in [2.05, 4.69) is 11.9 Å². The van der Waals surface area contributed by atoms with E-state index >= 15 is 0 Å². The van der Waals surface area contributed by atoms with Gasteiger partial charge < -0.3 is 9.52 Å². The topological polar surface area (TPSA) is 46.3 Å². The van der Waals surface area contributed by atoms with Crippen LogP contribution >= 0.6 is 0 Å². The number of aromatic nitrogens is 1. The first-order chi connectivity index (χ1) is 5.83. The summed E-state index contributed by atoms with van der Waals surface area (Å²) in [5, 5.41) is 8.94. The summed E-state index contributed by atoms with van der Waals surface area (Å²) < 4.78 is 5.25. The van der Waals surface area contributed by atoms with Gasteiger partial charge in [0, 0.05) is 5.92 Å². The van der Waals surface area contributed by atoms with Crippen molar-refractivity contribution in [2.75, 3.05) is 0 Å². The van der Waals surface area contributed by atoms with Crippen molar-refractivity contribution < 1.29 is 9.52 Å². The zero-order chi connectivity index (χ0) is 8.55. The largest absolute Gasteiger partial charge is 0.448 e. The second-order valence-corrected chi connectivity index (χ2v) is 3.45. The van der Waals surface area contributed by atoms with Crippen molar-refractivity contribution in [2.24, 2.45) is 5.92 Å². The van der Waals surface area contributed by atoms with Crippen LogP contribution in [0.15, 0.2) is 10.8 Å². The zero-order valence-electron chi connectivity index (χ0n) is 7.16.